The third-order valence-electron chi connectivity index (χ3n) is 3.09. The van der Waals surface area contributed by atoms with E-state index in [1.807, 2.05) is 0 Å². The van der Waals surface area contributed by atoms with Gasteiger partial charge >= 0.3 is 0 Å². The molecule has 0 saturated heterocycles. The fraction of sp³-hybridized carbons (Fsp3) is 0.167. The Morgan fingerprint density at radius 2 is 1.72 bits per heavy atom. The van der Waals surface area contributed by atoms with E-state index in [1.54, 1.807) is 24.3 Å². The lowest BCUT2D eigenvalue weighted by Crippen LogP contribution is -2.25. The molecule has 2 rings (SSSR count). The highest BCUT2D eigenvalue weighted by Gasteiger charge is 2.10. The summed E-state index contributed by atoms with van der Waals surface area (Å²) in [5.74, 6) is 4.75. The number of carbonyl (C=O) groups excluding carboxylic acids is 1. The standard InChI is InChI=1S/C18H17FN2O3S/c1-14(22)21-18-10-6-15(7-11-18)3-2-12-20-25(23,24)13-16-4-8-17(19)9-5-16/h4-11,20H,12-13H2,1H3,(H,21,22). The van der Waals surface area contributed by atoms with Crippen LogP contribution in [0.2, 0.25) is 0 Å². The van der Waals surface area contributed by atoms with Crippen LogP contribution in [0.15, 0.2) is 48.5 Å². The molecule has 7 heteroatoms. The van der Waals surface area contributed by atoms with Gasteiger partial charge < -0.3 is 5.32 Å². The van der Waals surface area contributed by atoms with Gasteiger partial charge in [0, 0.05) is 18.2 Å². The second-order valence-electron chi connectivity index (χ2n) is 5.27. The van der Waals surface area contributed by atoms with Crippen LogP contribution in [-0.2, 0) is 20.6 Å². The SMILES string of the molecule is CC(=O)Nc1ccc(C#CCNS(=O)(=O)Cc2ccc(F)cc2)cc1. The predicted molar refractivity (Wildman–Crippen MR) is 94.7 cm³/mol. The molecule has 0 heterocycles. The smallest absolute Gasteiger partial charge is 0.221 e. The number of carbonyl (C=O) groups is 1. The summed E-state index contributed by atoms with van der Waals surface area (Å²) in [6, 6.07) is 12.2. The van der Waals surface area contributed by atoms with Crippen molar-refractivity contribution in [3.63, 3.8) is 0 Å². The summed E-state index contributed by atoms with van der Waals surface area (Å²) < 4.78 is 39.1. The number of rotatable bonds is 5. The Bertz CT molecular complexity index is 896. The van der Waals surface area contributed by atoms with Gasteiger partial charge in [-0.15, -0.1) is 0 Å². The maximum atomic E-state index is 12.8. The summed E-state index contributed by atoms with van der Waals surface area (Å²) in [7, 11) is -3.54. The molecule has 0 aliphatic carbocycles. The lowest BCUT2D eigenvalue weighted by atomic mass is 10.2. The molecule has 130 valence electrons. The van der Waals surface area contributed by atoms with Crippen molar-refractivity contribution < 1.29 is 17.6 Å². The highest BCUT2D eigenvalue weighted by molar-refractivity contribution is 7.88. The molecular weight excluding hydrogens is 343 g/mol. The molecule has 0 aromatic heterocycles. The van der Waals surface area contributed by atoms with Crippen LogP contribution in [0, 0.1) is 17.7 Å². The Kier molecular flexibility index (Phi) is 6.28. The van der Waals surface area contributed by atoms with E-state index in [0.717, 1.165) is 0 Å². The lowest BCUT2D eigenvalue weighted by molar-refractivity contribution is -0.114. The van der Waals surface area contributed by atoms with Crippen molar-refractivity contribution in [3.05, 3.63) is 65.5 Å². The highest BCUT2D eigenvalue weighted by Crippen LogP contribution is 2.08. The molecule has 2 N–H and O–H groups in total. The topological polar surface area (TPSA) is 75.3 Å². The number of benzene rings is 2. The molecule has 0 saturated carbocycles. The van der Waals surface area contributed by atoms with Gasteiger partial charge in [0.05, 0.1) is 12.3 Å². The molecule has 0 aliphatic heterocycles. The molecule has 0 unspecified atom stereocenters. The molecule has 1 amide bonds. The molecule has 0 aliphatic rings. The minimum atomic E-state index is -3.54. The van der Waals surface area contributed by atoms with Gasteiger partial charge in [-0.05, 0) is 42.0 Å². The monoisotopic (exact) mass is 360 g/mol. The molecule has 2 aromatic carbocycles. The van der Waals surface area contributed by atoms with Crippen molar-refractivity contribution in [2.45, 2.75) is 12.7 Å². The van der Waals surface area contributed by atoms with Crippen LogP contribution in [0.25, 0.3) is 0 Å². The Morgan fingerprint density at radius 1 is 1.08 bits per heavy atom. The van der Waals surface area contributed by atoms with Crippen LogP contribution in [0.3, 0.4) is 0 Å². The van der Waals surface area contributed by atoms with Crippen molar-refractivity contribution in [3.8, 4) is 11.8 Å². The third kappa shape index (κ3) is 6.75. The first-order chi connectivity index (χ1) is 11.8. The molecule has 0 fully saturated rings. The first kappa shape index (κ1) is 18.6. The Balaban J connectivity index is 1.88. The van der Waals surface area contributed by atoms with E-state index in [2.05, 4.69) is 21.9 Å². The summed E-state index contributed by atoms with van der Waals surface area (Å²) in [4.78, 5) is 10.9. The van der Waals surface area contributed by atoms with E-state index in [0.29, 0.717) is 16.8 Å². The number of sulfonamides is 1. The predicted octanol–water partition coefficient (Wildman–Crippen LogP) is 2.26. The van der Waals surface area contributed by atoms with Crippen LogP contribution in [0.4, 0.5) is 10.1 Å². The number of amides is 1. The van der Waals surface area contributed by atoms with Crippen LogP contribution in [0.1, 0.15) is 18.1 Å². The number of anilines is 1. The Morgan fingerprint density at radius 3 is 2.32 bits per heavy atom. The van der Waals surface area contributed by atoms with E-state index in [9.17, 15) is 17.6 Å². The number of hydrogen-bond donors (Lipinski definition) is 2. The number of halogens is 1. The van der Waals surface area contributed by atoms with Crippen molar-refractivity contribution in [1.82, 2.24) is 4.72 Å². The summed E-state index contributed by atoms with van der Waals surface area (Å²) in [5.41, 5.74) is 1.86. The summed E-state index contributed by atoms with van der Waals surface area (Å²) in [6.07, 6.45) is 0. The van der Waals surface area contributed by atoms with Gasteiger partial charge in [0.15, 0.2) is 0 Å². The Labute approximate surface area is 146 Å². The minimum absolute atomic E-state index is 0.0308. The highest BCUT2D eigenvalue weighted by atomic mass is 32.2. The van der Waals surface area contributed by atoms with Crippen LogP contribution in [0.5, 0.6) is 0 Å². The number of hydrogen-bond acceptors (Lipinski definition) is 3. The first-order valence-corrected chi connectivity index (χ1v) is 9.07. The van der Waals surface area contributed by atoms with Gasteiger partial charge in [0.1, 0.15) is 5.82 Å². The van der Waals surface area contributed by atoms with Crippen LogP contribution >= 0.6 is 0 Å². The quantitative estimate of drug-likeness (QED) is 0.803. The van der Waals surface area contributed by atoms with Crippen molar-refractivity contribution in [1.29, 1.82) is 0 Å². The van der Waals surface area contributed by atoms with E-state index in [-0.39, 0.29) is 18.2 Å². The van der Waals surface area contributed by atoms with Crippen molar-refractivity contribution >= 4 is 21.6 Å². The maximum Gasteiger partial charge on any atom is 0.221 e. The van der Waals surface area contributed by atoms with E-state index in [4.69, 9.17) is 0 Å². The fourth-order valence-electron chi connectivity index (χ4n) is 1.98. The zero-order valence-electron chi connectivity index (χ0n) is 13.5. The average molecular weight is 360 g/mol. The first-order valence-electron chi connectivity index (χ1n) is 7.42. The summed E-state index contributed by atoms with van der Waals surface area (Å²) >= 11 is 0. The molecule has 0 radical (unpaired) electrons. The van der Waals surface area contributed by atoms with E-state index >= 15 is 0 Å². The van der Waals surface area contributed by atoms with E-state index < -0.39 is 15.8 Å². The molecule has 25 heavy (non-hydrogen) atoms. The zero-order chi connectivity index (χ0) is 18.3. The zero-order valence-corrected chi connectivity index (χ0v) is 14.4. The molecule has 0 spiro atoms. The molecule has 0 bridgehead atoms. The third-order valence-corrected chi connectivity index (χ3v) is 4.39. The lowest BCUT2D eigenvalue weighted by Gasteiger charge is -2.04. The van der Waals surface area contributed by atoms with Gasteiger partial charge in [0.2, 0.25) is 15.9 Å². The average Bonchev–Trinajstić information content (AvgIpc) is 2.55. The van der Waals surface area contributed by atoms with Gasteiger partial charge in [-0.2, -0.15) is 0 Å². The van der Waals surface area contributed by atoms with Gasteiger partial charge in [-0.3, -0.25) is 4.79 Å². The number of nitrogens with one attached hydrogen (secondary N) is 2. The Hall–Kier alpha value is -2.69. The van der Waals surface area contributed by atoms with Gasteiger partial charge in [-0.25, -0.2) is 17.5 Å². The van der Waals surface area contributed by atoms with Gasteiger partial charge in [0.25, 0.3) is 0 Å². The summed E-state index contributed by atoms with van der Waals surface area (Å²) in [5, 5.41) is 2.64. The second kappa shape index (κ2) is 8.42. The van der Waals surface area contributed by atoms with Crippen LogP contribution < -0.4 is 10.0 Å². The fourth-order valence-corrected chi connectivity index (χ4v) is 3.01. The van der Waals surface area contributed by atoms with Crippen molar-refractivity contribution in [2.75, 3.05) is 11.9 Å². The van der Waals surface area contributed by atoms with Crippen LogP contribution in [-0.4, -0.2) is 20.9 Å². The molecule has 0 atom stereocenters. The molecule has 2 aromatic rings. The molecule has 5 nitrogen and oxygen atoms in total. The van der Waals surface area contributed by atoms with E-state index in [1.165, 1.54) is 31.2 Å². The minimum Gasteiger partial charge on any atom is -0.326 e. The van der Waals surface area contributed by atoms with Gasteiger partial charge in [-0.1, -0.05) is 24.0 Å². The maximum absolute atomic E-state index is 12.8. The molecular formula is C18H17FN2O3S. The normalized spacial score (nSPS) is 10.6. The summed E-state index contributed by atoms with van der Waals surface area (Å²) in [6.45, 7) is 1.39. The second-order valence-corrected chi connectivity index (χ2v) is 7.07. The largest absolute Gasteiger partial charge is 0.326 e. The van der Waals surface area contributed by atoms with Crippen molar-refractivity contribution in [2.24, 2.45) is 0 Å².